The second-order valence-electron chi connectivity index (χ2n) is 1.83. The third-order valence-electron chi connectivity index (χ3n) is 1.14. The third kappa shape index (κ3) is 3.32. The fourth-order valence-electron chi connectivity index (χ4n) is 0.688. The van der Waals surface area contributed by atoms with E-state index in [0.717, 1.165) is 6.42 Å². The van der Waals surface area contributed by atoms with Gasteiger partial charge in [-0.2, -0.15) is 35.9 Å². The van der Waals surface area contributed by atoms with Crippen LogP contribution in [0.2, 0.25) is 0 Å². The molecule has 0 saturated carbocycles. The van der Waals surface area contributed by atoms with E-state index in [4.69, 9.17) is 11.6 Å². The van der Waals surface area contributed by atoms with Gasteiger partial charge in [-0.15, -0.1) is 11.6 Å². The van der Waals surface area contributed by atoms with Crippen LogP contribution in [-0.2, 0) is 6.42 Å². The van der Waals surface area contributed by atoms with Gasteiger partial charge in [0, 0.05) is 5.88 Å². The van der Waals surface area contributed by atoms with Crippen molar-refractivity contribution in [3.8, 4) is 0 Å². The van der Waals surface area contributed by atoms with E-state index in [1.165, 1.54) is 5.56 Å². The summed E-state index contributed by atoms with van der Waals surface area (Å²) >= 11 is 5.52. The van der Waals surface area contributed by atoms with Crippen molar-refractivity contribution in [1.29, 1.82) is 0 Å². The Morgan fingerprint density at radius 3 is 2.70 bits per heavy atom. The van der Waals surface area contributed by atoms with Crippen molar-refractivity contribution in [2.24, 2.45) is 0 Å². The molecule has 1 rings (SSSR count). The number of rotatable bonds is 2. The maximum absolute atomic E-state index is 5.52. The van der Waals surface area contributed by atoms with Gasteiger partial charge >= 0.3 is 18.9 Å². The molecule has 0 unspecified atom stereocenters. The number of benzene rings is 1. The van der Waals surface area contributed by atoms with Crippen LogP contribution < -0.4 is 18.9 Å². The Bertz CT molecular complexity index is 162. The molecule has 48 valence electrons. The molecular formula is C8H8ClLi. The van der Waals surface area contributed by atoms with E-state index in [1.807, 2.05) is 24.3 Å². The van der Waals surface area contributed by atoms with Crippen LogP contribution in [0.4, 0.5) is 0 Å². The van der Waals surface area contributed by atoms with Crippen LogP contribution in [0.3, 0.4) is 0 Å². The van der Waals surface area contributed by atoms with Crippen LogP contribution in [0.15, 0.2) is 24.3 Å². The number of alkyl halides is 1. The number of hydrogen-bond donors (Lipinski definition) is 0. The number of aryl methyl sites for hydroxylation is 1. The van der Waals surface area contributed by atoms with Crippen molar-refractivity contribution < 1.29 is 18.9 Å². The normalized spacial score (nSPS) is 8.50. The molecule has 0 spiro atoms. The van der Waals surface area contributed by atoms with E-state index >= 15 is 0 Å². The van der Waals surface area contributed by atoms with Gasteiger partial charge in [0.2, 0.25) is 0 Å². The topological polar surface area (TPSA) is 0 Å². The predicted octanol–water partition coefficient (Wildman–Crippen LogP) is -0.728. The van der Waals surface area contributed by atoms with Crippen LogP contribution in [-0.4, -0.2) is 5.88 Å². The molecule has 0 atom stereocenters. The minimum absolute atomic E-state index is 0. The standard InChI is InChI=1S/C8H8Cl.Li/c9-7-6-8-4-2-1-3-5-8;/h1-4H,6-7H2;/q-1;+1. The number of halogens is 1. The molecule has 0 bridgehead atoms. The first-order chi connectivity index (χ1) is 4.43. The molecule has 0 aliphatic heterocycles. The molecule has 0 amide bonds. The average Bonchev–Trinajstić information content (AvgIpc) is 1.91. The van der Waals surface area contributed by atoms with Crippen molar-refractivity contribution >= 4 is 11.6 Å². The van der Waals surface area contributed by atoms with Gasteiger partial charge in [-0.25, -0.2) is 0 Å². The molecule has 10 heavy (non-hydrogen) atoms. The summed E-state index contributed by atoms with van der Waals surface area (Å²) in [5, 5.41) is 0. The summed E-state index contributed by atoms with van der Waals surface area (Å²) in [7, 11) is 0. The van der Waals surface area contributed by atoms with Crippen LogP contribution in [0.1, 0.15) is 5.56 Å². The van der Waals surface area contributed by atoms with E-state index in [-0.39, 0.29) is 18.9 Å². The molecular weight excluding hydrogens is 138 g/mol. The van der Waals surface area contributed by atoms with Gasteiger partial charge in [-0.05, 0) is 6.42 Å². The molecule has 0 heterocycles. The van der Waals surface area contributed by atoms with Gasteiger partial charge in [0.15, 0.2) is 0 Å². The van der Waals surface area contributed by atoms with Crippen molar-refractivity contribution in [2.75, 3.05) is 5.88 Å². The van der Waals surface area contributed by atoms with Crippen molar-refractivity contribution in [3.05, 3.63) is 35.9 Å². The van der Waals surface area contributed by atoms with Gasteiger partial charge in [0.1, 0.15) is 0 Å². The smallest absolute Gasteiger partial charge is 0.180 e. The van der Waals surface area contributed by atoms with E-state index < -0.39 is 0 Å². The maximum atomic E-state index is 5.52. The van der Waals surface area contributed by atoms with Crippen molar-refractivity contribution in [1.82, 2.24) is 0 Å². The summed E-state index contributed by atoms with van der Waals surface area (Å²) in [6.07, 6.45) is 0.919. The zero-order chi connectivity index (χ0) is 6.53. The van der Waals surface area contributed by atoms with E-state index in [0.29, 0.717) is 5.88 Å². The van der Waals surface area contributed by atoms with Crippen LogP contribution in [0.5, 0.6) is 0 Å². The summed E-state index contributed by atoms with van der Waals surface area (Å²) in [6, 6.07) is 11.0. The second-order valence-corrected chi connectivity index (χ2v) is 2.20. The van der Waals surface area contributed by atoms with Gasteiger partial charge < -0.3 is 0 Å². The fraction of sp³-hybridized carbons (Fsp3) is 0.250. The second kappa shape index (κ2) is 5.86. The Kier molecular flexibility index (Phi) is 5.92. The Morgan fingerprint density at radius 1 is 1.40 bits per heavy atom. The van der Waals surface area contributed by atoms with E-state index in [1.54, 1.807) is 0 Å². The first-order valence-electron chi connectivity index (χ1n) is 2.95. The average molecular weight is 147 g/mol. The first-order valence-corrected chi connectivity index (χ1v) is 3.48. The summed E-state index contributed by atoms with van der Waals surface area (Å²) in [6.45, 7) is 0. The summed E-state index contributed by atoms with van der Waals surface area (Å²) in [5.41, 5.74) is 1.19. The summed E-state index contributed by atoms with van der Waals surface area (Å²) < 4.78 is 0. The first kappa shape index (κ1) is 10.1. The maximum Gasteiger partial charge on any atom is 1.00 e. The molecule has 0 N–H and O–H groups in total. The predicted molar refractivity (Wildman–Crippen MR) is 39.7 cm³/mol. The largest absolute Gasteiger partial charge is 1.00 e. The summed E-state index contributed by atoms with van der Waals surface area (Å²) in [5.74, 6) is 0.681. The van der Waals surface area contributed by atoms with Gasteiger partial charge in [0.05, 0.1) is 0 Å². The Morgan fingerprint density at radius 2 is 2.20 bits per heavy atom. The monoisotopic (exact) mass is 146 g/mol. The molecule has 1 aromatic rings. The molecule has 0 saturated heterocycles. The Labute approximate surface area is 78.8 Å². The van der Waals surface area contributed by atoms with Crippen molar-refractivity contribution in [3.63, 3.8) is 0 Å². The van der Waals surface area contributed by atoms with E-state index in [9.17, 15) is 0 Å². The molecule has 0 fully saturated rings. The van der Waals surface area contributed by atoms with Gasteiger partial charge in [-0.3, -0.25) is 0 Å². The molecule has 1 aromatic carbocycles. The molecule has 2 heteroatoms. The molecule has 0 radical (unpaired) electrons. The Hall–Kier alpha value is 0.107. The quantitative estimate of drug-likeness (QED) is 0.293. The fourth-order valence-corrected chi connectivity index (χ4v) is 0.891. The van der Waals surface area contributed by atoms with Gasteiger partial charge in [0.25, 0.3) is 0 Å². The molecule has 0 aliphatic rings. The van der Waals surface area contributed by atoms with Gasteiger partial charge in [-0.1, -0.05) is 0 Å². The SMILES string of the molecule is ClCCc1[c-]cccc1.[Li+]. The van der Waals surface area contributed by atoms with Crippen LogP contribution >= 0.6 is 11.6 Å². The molecule has 0 nitrogen and oxygen atoms in total. The van der Waals surface area contributed by atoms with E-state index in [2.05, 4.69) is 6.07 Å². The van der Waals surface area contributed by atoms with Crippen molar-refractivity contribution in [2.45, 2.75) is 6.42 Å². The molecule has 0 aliphatic carbocycles. The van der Waals surface area contributed by atoms with Crippen LogP contribution in [0.25, 0.3) is 0 Å². The van der Waals surface area contributed by atoms with Crippen LogP contribution in [0, 0.1) is 6.07 Å². The zero-order valence-electron chi connectivity index (χ0n) is 6.10. The summed E-state index contributed by atoms with van der Waals surface area (Å²) in [4.78, 5) is 0. The number of hydrogen-bond acceptors (Lipinski definition) is 0. The Balaban J connectivity index is 0.000000810. The minimum atomic E-state index is 0. The third-order valence-corrected chi connectivity index (χ3v) is 1.33. The molecule has 0 aromatic heterocycles. The zero-order valence-corrected chi connectivity index (χ0v) is 6.86. The minimum Gasteiger partial charge on any atom is -0.180 e.